The molecule has 2 rings (SSSR count). The second-order valence-corrected chi connectivity index (χ2v) is 4.43. The van der Waals surface area contributed by atoms with Gasteiger partial charge in [-0.15, -0.1) is 0 Å². The first-order valence-electron chi connectivity index (χ1n) is 6.66. The second-order valence-electron chi connectivity index (χ2n) is 4.43. The van der Waals surface area contributed by atoms with Gasteiger partial charge >= 0.3 is 0 Å². The molecule has 1 atom stereocenters. The van der Waals surface area contributed by atoms with Gasteiger partial charge < -0.3 is 15.0 Å². The van der Waals surface area contributed by atoms with Gasteiger partial charge in [0.25, 0.3) is 5.89 Å². The number of rotatable bonds is 6. The highest BCUT2D eigenvalue weighted by atomic mass is 19.1. The first-order chi connectivity index (χ1) is 9.65. The third kappa shape index (κ3) is 3.14. The third-order valence-corrected chi connectivity index (χ3v) is 2.87. The Morgan fingerprint density at radius 3 is 2.90 bits per heavy atom. The van der Waals surface area contributed by atoms with Crippen LogP contribution < -0.4 is 5.73 Å². The minimum absolute atomic E-state index is 0.116. The van der Waals surface area contributed by atoms with Crippen LogP contribution in [0.4, 0.5) is 10.1 Å². The molecule has 6 heteroatoms. The fourth-order valence-electron chi connectivity index (χ4n) is 1.93. The fourth-order valence-corrected chi connectivity index (χ4v) is 1.93. The number of anilines is 1. The first-order valence-corrected chi connectivity index (χ1v) is 6.66. The van der Waals surface area contributed by atoms with Gasteiger partial charge in [0.2, 0.25) is 5.82 Å². The Morgan fingerprint density at radius 2 is 2.20 bits per heavy atom. The summed E-state index contributed by atoms with van der Waals surface area (Å²) in [4.78, 5) is 4.22. The monoisotopic (exact) mass is 279 g/mol. The average molecular weight is 279 g/mol. The molecule has 108 valence electrons. The zero-order valence-corrected chi connectivity index (χ0v) is 11.6. The van der Waals surface area contributed by atoms with Crippen molar-refractivity contribution < 1.29 is 13.7 Å². The third-order valence-electron chi connectivity index (χ3n) is 2.87. The second kappa shape index (κ2) is 6.47. The Hall–Kier alpha value is -1.95. The van der Waals surface area contributed by atoms with E-state index >= 15 is 0 Å². The number of halogens is 1. The zero-order valence-electron chi connectivity index (χ0n) is 11.6. The molecule has 1 aromatic heterocycles. The number of nitrogen functional groups attached to an aromatic ring is 1. The van der Waals surface area contributed by atoms with Crippen molar-refractivity contribution in [1.29, 1.82) is 0 Å². The van der Waals surface area contributed by atoms with Gasteiger partial charge in [0.05, 0.1) is 5.56 Å². The molecule has 1 aromatic carbocycles. The van der Waals surface area contributed by atoms with Crippen LogP contribution in [-0.2, 0) is 4.74 Å². The lowest BCUT2D eigenvalue weighted by atomic mass is 10.2. The van der Waals surface area contributed by atoms with E-state index in [4.69, 9.17) is 15.0 Å². The molecule has 0 amide bonds. The molecule has 1 heterocycles. The Kier molecular flexibility index (Phi) is 4.68. The fraction of sp³-hybridized carbons (Fsp3) is 0.429. The van der Waals surface area contributed by atoms with Gasteiger partial charge in [-0.1, -0.05) is 18.5 Å². The summed E-state index contributed by atoms with van der Waals surface area (Å²) >= 11 is 0. The Bertz CT molecular complexity index is 565. The van der Waals surface area contributed by atoms with Crippen LogP contribution in [-0.4, -0.2) is 16.7 Å². The molecule has 0 saturated carbocycles. The Balaban J connectivity index is 2.29. The van der Waals surface area contributed by atoms with E-state index in [1.165, 1.54) is 18.2 Å². The number of hydrogen-bond donors (Lipinski definition) is 1. The Labute approximate surface area is 116 Å². The molecular formula is C14H18FN3O2. The van der Waals surface area contributed by atoms with Gasteiger partial charge in [-0.25, -0.2) is 4.39 Å². The van der Waals surface area contributed by atoms with Gasteiger partial charge in [0.1, 0.15) is 11.9 Å². The van der Waals surface area contributed by atoms with Crippen LogP contribution in [0.1, 0.15) is 38.6 Å². The van der Waals surface area contributed by atoms with Crippen LogP contribution in [0.15, 0.2) is 22.7 Å². The summed E-state index contributed by atoms with van der Waals surface area (Å²) < 4.78 is 24.4. The maximum absolute atomic E-state index is 13.7. The standard InChI is InChI=1S/C14H18FN3O2/c1-3-5-12(19-4-2)13-17-14(20-18-13)10-8-9(16)6-7-11(10)15/h6-8,12H,3-5,16H2,1-2H3. The summed E-state index contributed by atoms with van der Waals surface area (Å²) in [6.45, 7) is 4.51. The predicted octanol–water partition coefficient (Wildman–Crippen LogP) is 3.34. The highest BCUT2D eigenvalue weighted by molar-refractivity contribution is 5.60. The van der Waals surface area contributed by atoms with Crippen molar-refractivity contribution in [3.05, 3.63) is 29.8 Å². The molecule has 20 heavy (non-hydrogen) atoms. The van der Waals surface area contributed by atoms with Crippen LogP contribution >= 0.6 is 0 Å². The summed E-state index contributed by atoms with van der Waals surface area (Å²) in [5.74, 6) is 0.106. The van der Waals surface area contributed by atoms with Crippen LogP contribution in [0.5, 0.6) is 0 Å². The molecule has 0 saturated heterocycles. The van der Waals surface area contributed by atoms with E-state index in [1.807, 2.05) is 13.8 Å². The van der Waals surface area contributed by atoms with Crippen molar-refractivity contribution >= 4 is 5.69 Å². The summed E-state index contributed by atoms with van der Waals surface area (Å²) in [6, 6.07) is 4.24. The number of ether oxygens (including phenoxy) is 1. The van der Waals surface area contributed by atoms with Crippen LogP contribution in [0.25, 0.3) is 11.5 Å². The van der Waals surface area contributed by atoms with E-state index in [-0.39, 0.29) is 17.6 Å². The quantitative estimate of drug-likeness (QED) is 0.821. The predicted molar refractivity (Wildman–Crippen MR) is 73.4 cm³/mol. The molecule has 0 spiro atoms. The number of nitrogens with zero attached hydrogens (tertiary/aromatic N) is 2. The van der Waals surface area contributed by atoms with Gasteiger partial charge in [-0.05, 0) is 31.5 Å². The summed E-state index contributed by atoms with van der Waals surface area (Å²) in [7, 11) is 0. The summed E-state index contributed by atoms with van der Waals surface area (Å²) in [5, 5.41) is 3.88. The highest BCUT2D eigenvalue weighted by Gasteiger charge is 2.20. The lowest BCUT2D eigenvalue weighted by Crippen LogP contribution is -2.06. The molecule has 0 aliphatic heterocycles. The smallest absolute Gasteiger partial charge is 0.261 e. The van der Waals surface area contributed by atoms with Crippen molar-refractivity contribution in [3.8, 4) is 11.5 Å². The number of benzene rings is 1. The molecule has 0 aliphatic rings. The maximum Gasteiger partial charge on any atom is 0.261 e. The normalized spacial score (nSPS) is 12.6. The lowest BCUT2D eigenvalue weighted by Gasteiger charge is -2.11. The van der Waals surface area contributed by atoms with Crippen LogP contribution in [0.2, 0.25) is 0 Å². The average Bonchev–Trinajstić information content (AvgIpc) is 2.91. The number of hydrogen-bond acceptors (Lipinski definition) is 5. The van der Waals surface area contributed by atoms with Gasteiger partial charge in [-0.2, -0.15) is 4.98 Å². The van der Waals surface area contributed by atoms with Crippen LogP contribution in [0, 0.1) is 5.82 Å². The lowest BCUT2D eigenvalue weighted by molar-refractivity contribution is 0.0478. The highest BCUT2D eigenvalue weighted by Crippen LogP contribution is 2.26. The maximum atomic E-state index is 13.7. The molecule has 0 fully saturated rings. The van der Waals surface area contributed by atoms with Crippen molar-refractivity contribution in [2.75, 3.05) is 12.3 Å². The molecule has 0 radical (unpaired) electrons. The van der Waals surface area contributed by atoms with E-state index in [0.717, 1.165) is 12.8 Å². The van der Waals surface area contributed by atoms with Gasteiger partial charge in [0.15, 0.2) is 0 Å². The number of nitrogens with two attached hydrogens (primary N) is 1. The van der Waals surface area contributed by atoms with Crippen molar-refractivity contribution in [2.45, 2.75) is 32.8 Å². The van der Waals surface area contributed by atoms with E-state index < -0.39 is 5.82 Å². The summed E-state index contributed by atoms with van der Waals surface area (Å²) in [6.07, 6.45) is 1.49. The minimum atomic E-state index is -0.446. The molecular weight excluding hydrogens is 261 g/mol. The van der Waals surface area contributed by atoms with E-state index in [1.54, 1.807) is 0 Å². The van der Waals surface area contributed by atoms with E-state index in [2.05, 4.69) is 10.1 Å². The molecule has 1 unspecified atom stereocenters. The van der Waals surface area contributed by atoms with E-state index in [9.17, 15) is 4.39 Å². The largest absolute Gasteiger partial charge is 0.399 e. The molecule has 2 N–H and O–H groups in total. The van der Waals surface area contributed by atoms with Crippen LogP contribution in [0.3, 0.4) is 0 Å². The van der Waals surface area contributed by atoms with Crippen molar-refractivity contribution in [3.63, 3.8) is 0 Å². The topological polar surface area (TPSA) is 74.2 Å². The van der Waals surface area contributed by atoms with E-state index in [0.29, 0.717) is 18.1 Å². The first kappa shape index (κ1) is 14.5. The van der Waals surface area contributed by atoms with Crippen molar-refractivity contribution in [2.24, 2.45) is 0 Å². The van der Waals surface area contributed by atoms with Gasteiger partial charge in [-0.3, -0.25) is 0 Å². The van der Waals surface area contributed by atoms with Gasteiger partial charge in [0, 0.05) is 12.3 Å². The molecule has 5 nitrogen and oxygen atoms in total. The molecule has 0 bridgehead atoms. The summed E-state index contributed by atoms with van der Waals surface area (Å²) in [5.41, 5.74) is 6.29. The molecule has 2 aromatic rings. The zero-order chi connectivity index (χ0) is 14.5. The van der Waals surface area contributed by atoms with Crippen molar-refractivity contribution in [1.82, 2.24) is 10.1 Å². The SMILES string of the molecule is CCCC(OCC)c1noc(-c2cc(N)ccc2F)n1. The minimum Gasteiger partial charge on any atom is -0.399 e. The molecule has 0 aliphatic carbocycles. The Morgan fingerprint density at radius 1 is 1.40 bits per heavy atom. The number of aromatic nitrogens is 2.